The molecule has 134 valence electrons. The lowest BCUT2D eigenvalue weighted by molar-refractivity contribution is -0.114. The van der Waals surface area contributed by atoms with Crippen molar-refractivity contribution in [2.24, 2.45) is 0 Å². The van der Waals surface area contributed by atoms with Gasteiger partial charge in [-0.05, 0) is 84.0 Å². The predicted molar refractivity (Wildman–Crippen MR) is 114 cm³/mol. The second kappa shape index (κ2) is 8.05. The van der Waals surface area contributed by atoms with Crippen LogP contribution < -0.4 is 9.62 Å². The van der Waals surface area contributed by atoms with Gasteiger partial charge in [-0.2, -0.15) is 0 Å². The number of hydrogen-bond acceptors (Lipinski definition) is 3. The van der Waals surface area contributed by atoms with E-state index in [9.17, 15) is 13.2 Å². The second-order valence-electron chi connectivity index (χ2n) is 5.71. The molecule has 0 spiro atoms. The number of sulfonamides is 1. The fourth-order valence-corrected chi connectivity index (χ4v) is 4.01. The van der Waals surface area contributed by atoms with Gasteiger partial charge in [-0.3, -0.25) is 9.10 Å². The maximum absolute atomic E-state index is 12.4. The first-order valence-electron chi connectivity index (χ1n) is 7.38. The van der Waals surface area contributed by atoms with Crippen LogP contribution in [0.2, 0.25) is 0 Å². The first kappa shape index (κ1) is 20.2. The lowest BCUT2D eigenvalue weighted by Gasteiger charge is -2.22. The second-order valence-corrected chi connectivity index (χ2v) is 9.72. The Morgan fingerprint density at radius 1 is 1.16 bits per heavy atom. The summed E-state index contributed by atoms with van der Waals surface area (Å²) in [6.07, 6.45) is 1.09. The molecule has 0 aliphatic heterocycles. The summed E-state index contributed by atoms with van der Waals surface area (Å²) in [5, 5.41) is 2.78. The molecule has 0 unspecified atom stereocenters. The smallest absolute Gasteiger partial charge is 0.245 e. The van der Waals surface area contributed by atoms with Crippen molar-refractivity contribution >= 4 is 65.8 Å². The fraction of sp³-hybridized carbons (Fsp3) is 0.235. The van der Waals surface area contributed by atoms with Crippen LogP contribution in [0.1, 0.15) is 11.1 Å². The zero-order chi connectivity index (χ0) is 18.8. The summed E-state index contributed by atoms with van der Waals surface area (Å²) in [4.78, 5) is 12.4. The number of benzene rings is 2. The van der Waals surface area contributed by atoms with Crippen molar-refractivity contribution in [1.82, 2.24) is 0 Å². The molecule has 0 aromatic heterocycles. The van der Waals surface area contributed by atoms with Gasteiger partial charge in [0, 0.05) is 13.7 Å². The molecule has 0 radical (unpaired) electrons. The molecule has 0 fully saturated rings. The SMILES string of the molecule is Cc1cc(N(CC(=O)Nc2ccc(I)cc2C)S(C)(=O)=O)ccc1Br. The van der Waals surface area contributed by atoms with Gasteiger partial charge >= 0.3 is 0 Å². The van der Waals surface area contributed by atoms with Crippen molar-refractivity contribution in [3.8, 4) is 0 Å². The highest BCUT2D eigenvalue weighted by Gasteiger charge is 2.21. The van der Waals surface area contributed by atoms with E-state index in [2.05, 4.69) is 43.8 Å². The first-order valence-corrected chi connectivity index (χ1v) is 11.1. The van der Waals surface area contributed by atoms with Crippen molar-refractivity contribution < 1.29 is 13.2 Å². The Balaban J connectivity index is 2.25. The van der Waals surface area contributed by atoms with Crippen molar-refractivity contribution in [2.45, 2.75) is 13.8 Å². The third-order valence-corrected chi connectivity index (χ3v) is 6.28. The average molecular weight is 537 g/mol. The monoisotopic (exact) mass is 536 g/mol. The van der Waals surface area contributed by atoms with Crippen molar-refractivity contribution in [1.29, 1.82) is 0 Å². The molecule has 0 bridgehead atoms. The van der Waals surface area contributed by atoms with E-state index in [0.29, 0.717) is 11.4 Å². The van der Waals surface area contributed by atoms with Crippen LogP contribution in [0.25, 0.3) is 0 Å². The van der Waals surface area contributed by atoms with Crippen molar-refractivity contribution in [3.05, 3.63) is 55.6 Å². The molecule has 1 N–H and O–H groups in total. The number of aryl methyl sites for hydroxylation is 2. The molecule has 0 saturated carbocycles. The number of halogens is 2. The van der Waals surface area contributed by atoms with Gasteiger partial charge in [-0.25, -0.2) is 8.42 Å². The minimum absolute atomic E-state index is 0.286. The molecule has 0 aliphatic rings. The molecule has 0 aliphatic carbocycles. The number of nitrogens with one attached hydrogen (secondary N) is 1. The summed E-state index contributed by atoms with van der Waals surface area (Å²) in [5.41, 5.74) is 2.94. The Labute approximate surface area is 170 Å². The summed E-state index contributed by atoms with van der Waals surface area (Å²) in [6, 6.07) is 10.8. The number of carbonyl (C=O) groups is 1. The maximum atomic E-state index is 12.4. The highest BCUT2D eigenvalue weighted by atomic mass is 127. The van der Waals surface area contributed by atoms with E-state index in [1.807, 2.05) is 32.0 Å². The van der Waals surface area contributed by atoms with Crippen LogP contribution in [-0.4, -0.2) is 27.1 Å². The van der Waals surface area contributed by atoms with E-state index in [0.717, 1.165) is 29.7 Å². The van der Waals surface area contributed by atoms with E-state index in [4.69, 9.17) is 0 Å². The van der Waals surface area contributed by atoms with Gasteiger partial charge < -0.3 is 5.32 Å². The third-order valence-electron chi connectivity index (χ3n) is 3.58. The van der Waals surface area contributed by atoms with E-state index in [1.54, 1.807) is 18.2 Å². The van der Waals surface area contributed by atoms with Gasteiger partial charge in [0.25, 0.3) is 0 Å². The van der Waals surface area contributed by atoms with Crippen LogP contribution in [0, 0.1) is 17.4 Å². The fourth-order valence-electron chi connectivity index (χ4n) is 2.27. The van der Waals surface area contributed by atoms with Gasteiger partial charge in [-0.1, -0.05) is 15.9 Å². The van der Waals surface area contributed by atoms with E-state index in [-0.39, 0.29) is 6.54 Å². The quantitative estimate of drug-likeness (QED) is 0.586. The predicted octanol–water partition coefficient (Wildman–Crippen LogP) is 4.08. The van der Waals surface area contributed by atoms with Crippen molar-refractivity contribution in [3.63, 3.8) is 0 Å². The molecule has 8 heteroatoms. The van der Waals surface area contributed by atoms with E-state index in [1.165, 1.54) is 0 Å². The van der Waals surface area contributed by atoms with E-state index < -0.39 is 15.9 Å². The van der Waals surface area contributed by atoms with Crippen LogP contribution >= 0.6 is 38.5 Å². The molecule has 5 nitrogen and oxygen atoms in total. The minimum Gasteiger partial charge on any atom is -0.324 e. The van der Waals surface area contributed by atoms with Crippen molar-refractivity contribution in [2.75, 3.05) is 22.4 Å². The molecule has 0 saturated heterocycles. The largest absolute Gasteiger partial charge is 0.324 e. The molecule has 2 aromatic carbocycles. The Bertz CT molecular complexity index is 916. The Hall–Kier alpha value is -1.13. The summed E-state index contributed by atoms with van der Waals surface area (Å²) in [6.45, 7) is 3.47. The van der Waals surface area contributed by atoms with Gasteiger partial charge in [0.2, 0.25) is 15.9 Å². The van der Waals surface area contributed by atoms with Gasteiger partial charge in [-0.15, -0.1) is 0 Å². The molecule has 2 rings (SSSR count). The van der Waals surface area contributed by atoms with Crippen LogP contribution in [0.15, 0.2) is 40.9 Å². The van der Waals surface area contributed by atoms with Gasteiger partial charge in [0.15, 0.2) is 0 Å². The third kappa shape index (κ3) is 5.42. The lowest BCUT2D eigenvalue weighted by atomic mass is 10.2. The number of amides is 1. The van der Waals surface area contributed by atoms with Crippen LogP contribution in [0.3, 0.4) is 0 Å². The first-order chi connectivity index (χ1) is 11.6. The summed E-state index contributed by atoms with van der Waals surface area (Å²) in [5.74, 6) is -0.393. The summed E-state index contributed by atoms with van der Waals surface area (Å²) < 4.78 is 27.4. The summed E-state index contributed by atoms with van der Waals surface area (Å²) in [7, 11) is -3.60. The minimum atomic E-state index is -3.60. The lowest BCUT2D eigenvalue weighted by Crippen LogP contribution is -2.37. The number of anilines is 2. The maximum Gasteiger partial charge on any atom is 0.245 e. The normalized spacial score (nSPS) is 11.2. The zero-order valence-corrected chi connectivity index (χ0v) is 18.6. The van der Waals surface area contributed by atoms with E-state index >= 15 is 0 Å². The number of hydrogen-bond donors (Lipinski definition) is 1. The molecular weight excluding hydrogens is 519 g/mol. The zero-order valence-electron chi connectivity index (χ0n) is 14.0. The van der Waals surface area contributed by atoms with Crippen LogP contribution in [0.5, 0.6) is 0 Å². The van der Waals surface area contributed by atoms with Crippen LogP contribution in [0.4, 0.5) is 11.4 Å². The summed E-state index contributed by atoms with van der Waals surface area (Å²) >= 11 is 5.59. The molecule has 0 atom stereocenters. The Morgan fingerprint density at radius 3 is 2.40 bits per heavy atom. The molecule has 25 heavy (non-hydrogen) atoms. The molecule has 0 heterocycles. The molecule has 1 amide bonds. The average Bonchev–Trinajstić information content (AvgIpc) is 2.49. The number of rotatable bonds is 5. The van der Waals surface area contributed by atoms with Crippen LogP contribution in [-0.2, 0) is 14.8 Å². The number of carbonyl (C=O) groups excluding carboxylic acids is 1. The Kier molecular flexibility index (Phi) is 6.50. The highest BCUT2D eigenvalue weighted by Crippen LogP contribution is 2.25. The standard InChI is InChI=1S/C17H18BrIN2O3S/c1-11-9-14(5-6-15(11)18)21(25(3,23)24)10-17(22)20-16-7-4-13(19)8-12(16)2/h4-9H,10H2,1-3H3,(H,20,22). The Morgan fingerprint density at radius 2 is 1.84 bits per heavy atom. The highest BCUT2D eigenvalue weighted by molar-refractivity contribution is 14.1. The van der Waals surface area contributed by atoms with Gasteiger partial charge in [0.05, 0.1) is 11.9 Å². The topological polar surface area (TPSA) is 66.5 Å². The van der Waals surface area contributed by atoms with Gasteiger partial charge in [0.1, 0.15) is 6.54 Å². The number of nitrogens with zero attached hydrogens (tertiary/aromatic N) is 1. The molecule has 2 aromatic rings. The molecular formula is C17H18BrIN2O3S.